The largest absolute Gasteiger partial charge is 0.493 e. The van der Waals surface area contributed by atoms with Gasteiger partial charge in [-0.2, -0.15) is 0 Å². The average molecular weight is 258 g/mol. The number of hydrogen-bond acceptors (Lipinski definition) is 4. The van der Waals surface area contributed by atoms with Crippen LogP contribution in [0.3, 0.4) is 0 Å². The Bertz CT molecular complexity index is 514. The molecule has 0 bridgehead atoms. The summed E-state index contributed by atoms with van der Waals surface area (Å²) in [5.74, 6) is -1.35. The van der Waals surface area contributed by atoms with E-state index in [-0.39, 0.29) is 34.4 Å². The number of methoxy groups -OCH3 is 1. The molecule has 2 rings (SSSR count). The van der Waals surface area contributed by atoms with Crippen LogP contribution in [0.2, 0.25) is 5.02 Å². The number of halogens is 1. The Balaban J connectivity index is 2.69. The maximum atomic E-state index is 11.2. The fourth-order valence-corrected chi connectivity index (χ4v) is 1.83. The molecule has 2 N–H and O–H groups in total. The third-order valence-corrected chi connectivity index (χ3v) is 2.51. The number of carbonyl (C=O) groups excluding carboxylic acids is 1. The Kier molecular flexibility index (Phi) is 2.81. The highest BCUT2D eigenvalue weighted by molar-refractivity contribution is 6.33. The van der Waals surface area contributed by atoms with Gasteiger partial charge in [0.1, 0.15) is 11.3 Å². The number of hydrogen-bond donors (Lipinski definition) is 2. The third kappa shape index (κ3) is 1.87. The highest BCUT2D eigenvalue weighted by Gasteiger charge is 2.28. The van der Waals surface area contributed by atoms with Crippen LogP contribution in [-0.2, 0) is 4.79 Å². The zero-order chi connectivity index (χ0) is 12.6. The lowest BCUT2D eigenvalue weighted by Gasteiger charge is -2.22. The molecule has 0 saturated heterocycles. The van der Waals surface area contributed by atoms with Crippen molar-refractivity contribution in [2.75, 3.05) is 19.0 Å². The molecule has 0 unspecified atom stereocenters. The van der Waals surface area contributed by atoms with Crippen LogP contribution in [0.5, 0.6) is 11.5 Å². The summed E-state index contributed by atoms with van der Waals surface area (Å²) >= 11 is 5.86. The predicted octanol–water partition coefficient (Wildman–Crippen LogP) is 1.38. The van der Waals surface area contributed by atoms with E-state index in [4.69, 9.17) is 26.2 Å². The van der Waals surface area contributed by atoms with Crippen LogP contribution in [0, 0.1) is 0 Å². The molecule has 0 aromatic heterocycles. The van der Waals surface area contributed by atoms with Crippen molar-refractivity contribution >= 4 is 29.2 Å². The maximum absolute atomic E-state index is 11.2. The van der Waals surface area contributed by atoms with E-state index in [0.717, 1.165) is 0 Å². The van der Waals surface area contributed by atoms with Crippen molar-refractivity contribution in [3.05, 3.63) is 16.7 Å². The zero-order valence-electron chi connectivity index (χ0n) is 8.74. The van der Waals surface area contributed by atoms with Crippen LogP contribution < -0.4 is 14.8 Å². The summed E-state index contributed by atoms with van der Waals surface area (Å²) < 4.78 is 10.1. The number of benzene rings is 1. The number of anilines is 1. The first-order valence-electron chi connectivity index (χ1n) is 4.61. The van der Waals surface area contributed by atoms with E-state index in [1.165, 1.54) is 13.2 Å². The molecule has 17 heavy (non-hydrogen) atoms. The fourth-order valence-electron chi connectivity index (χ4n) is 1.55. The Hall–Kier alpha value is -1.95. The molecule has 1 aromatic carbocycles. The summed E-state index contributed by atoms with van der Waals surface area (Å²) in [6.07, 6.45) is 0. The minimum Gasteiger partial charge on any atom is -0.493 e. The summed E-state index contributed by atoms with van der Waals surface area (Å²) in [7, 11) is 1.36. The topological polar surface area (TPSA) is 84.9 Å². The molecular weight excluding hydrogens is 250 g/mol. The number of carboxylic acids is 1. The van der Waals surface area contributed by atoms with Crippen molar-refractivity contribution in [1.29, 1.82) is 0 Å². The van der Waals surface area contributed by atoms with E-state index >= 15 is 0 Å². The van der Waals surface area contributed by atoms with Gasteiger partial charge in [-0.1, -0.05) is 11.6 Å². The molecule has 0 fully saturated rings. The summed E-state index contributed by atoms with van der Waals surface area (Å²) in [5, 5.41) is 11.6. The smallest absolute Gasteiger partial charge is 0.339 e. The number of aromatic carboxylic acids is 1. The van der Waals surface area contributed by atoms with Gasteiger partial charge in [-0.25, -0.2) is 4.79 Å². The Morgan fingerprint density at radius 3 is 2.94 bits per heavy atom. The van der Waals surface area contributed by atoms with Crippen LogP contribution in [-0.4, -0.2) is 30.7 Å². The van der Waals surface area contributed by atoms with Gasteiger partial charge in [-0.05, 0) is 6.07 Å². The van der Waals surface area contributed by atoms with Gasteiger partial charge in [-0.15, -0.1) is 0 Å². The number of amides is 1. The number of ether oxygens (including phenoxy) is 2. The van der Waals surface area contributed by atoms with Crippen molar-refractivity contribution in [2.45, 2.75) is 0 Å². The number of carboxylic acid groups (broad SMARTS) is 1. The first-order valence-corrected chi connectivity index (χ1v) is 4.98. The lowest BCUT2D eigenvalue weighted by atomic mass is 10.1. The fraction of sp³-hybridized carbons (Fsp3) is 0.200. The van der Waals surface area contributed by atoms with Gasteiger partial charge in [0, 0.05) is 0 Å². The van der Waals surface area contributed by atoms with Crippen molar-refractivity contribution in [1.82, 2.24) is 0 Å². The molecule has 1 heterocycles. The van der Waals surface area contributed by atoms with Gasteiger partial charge in [0.25, 0.3) is 5.91 Å². The molecule has 1 aliphatic rings. The highest BCUT2D eigenvalue weighted by atomic mass is 35.5. The molecule has 0 radical (unpaired) electrons. The first-order chi connectivity index (χ1) is 8.04. The second kappa shape index (κ2) is 4.14. The maximum Gasteiger partial charge on any atom is 0.339 e. The zero-order valence-corrected chi connectivity index (χ0v) is 9.50. The van der Waals surface area contributed by atoms with Crippen molar-refractivity contribution in [2.24, 2.45) is 0 Å². The van der Waals surface area contributed by atoms with E-state index in [1.807, 2.05) is 0 Å². The molecule has 0 aliphatic carbocycles. The van der Waals surface area contributed by atoms with E-state index in [1.54, 1.807) is 0 Å². The second-order valence-electron chi connectivity index (χ2n) is 3.29. The lowest BCUT2D eigenvalue weighted by Crippen LogP contribution is -2.27. The van der Waals surface area contributed by atoms with Crippen molar-refractivity contribution in [3.63, 3.8) is 0 Å². The molecule has 1 aliphatic heterocycles. The van der Waals surface area contributed by atoms with E-state index in [9.17, 15) is 9.59 Å². The molecule has 0 spiro atoms. The molecule has 0 saturated carbocycles. The third-order valence-electron chi connectivity index (χ3n) is 2.23. The van der Waals surface area contributed by atoms with Crippen LogP contribution in [0.1, 0.15) is 10.4 Å². The van der Waals surface area contributed by atoms with Crippen LogP contribution in [0.4, 0.5) is 5.69 Å². The molecule has 0 atom stereocenters. The van der Waals surface area contributed by atoms with Gasteiger partial charge in [0.2, 0.25) is 0 Å². The van der Waals surface area contributed by atoms with E-state index in [2.05, 4.69) is 5.32 Å². The minimum atomic E-state index is -1.19. The number of rotatable bonds is 2. The molecule has 90 valence electrons. The number of fused-ring (bicyclic) bond motifs is 1. The van der Waals surface area contributed by atoms with Crippen molar-refractivity contribution < 1.29 is 24.2 Å². The molecule has 7 heteroatoms. The summed E-state index contributed by atoms with van der Waals surface area (Å²) in [5.41, 5.74) is 0.0273. The van der Waals surface area contributed by atoms with Crippen LogP contribution >= 0.6 is 11.6 Å². The van der Waals surface area contributed by atoms with E-state index < -0.39 is 11.9 Å². The van der Waals surface area contributed by atoms with Crippen LogP contribution in [0.15, 0.2) is 6.07 Å². The van der Waals surface area contributed by atoms with Gasteiger partial charge >= 0.3 is 5.97 Å². The van der Waals surface area contributed by atoms with Gasteiger partial charge < -0.3 is 19.9 Å². The normalized spacial score (nSPS) is 13.4. The molecule has 1 aromatic rings. The quantitative estimate of drug-likeness (QED) is 0.836. The van der Waals surface area contributed by atoms with Crippen molar-refractivity contribution in [3.8, 4) is 11.5 Å². The van der Waals surface area contributed by atoms with E-state index in [0.29, 0.717) is 0 Å². The number of nitrogens with one attached hydrogen (secondary N) is 1. The van der Waals surface area contributed by atoms with Gasteiger partial charge in [0.05, 0.1) is 12.1 Å². The Morgan fingerprint density at radius 2 is 2.35 bits per heavy atom. The standard InChI is InChI=1S/C10H8ClNO5/c1-16-9-5(11)2-4(10(14)15)8-7(9)12-6(13)3-17-8/h2H,3H2,1H3,(H,12,13)(H,14,15). The predicted molar refractivity (Wildman–Crippen MR) is 59.1 cm³/mol. The average Bonchev–Trinajstić information content (AvgIpc) is 2.27. The van der Waals surface area contributed by atoms with Gasteiger partial charge in [0.15, 0.2) is 18.1 Å². The van der Waals surface area contributed by atoms with Gasteiger partial charge in [-0.3, -0.25) is 4.79 Å². The highest BCUT2D eigenvalue weighted by Crippen LogP contribution is 2.44. The first kappa shape index (κ1) is 11.5. The summed E-state index contributed by atoms with van der Waals surface area (Å²) in [6.45, 7) is -0.238. The Morgan fingerprint density at radius 1 is 1.65 bits per heavy atom. The SMILES string of the molecule is COc1c(Cl)cc(C(=O)O)c2c1NC(=O)CO2. The molecular formula is C10H8ClNO5. The second-order valence-corrected chi connectivity index (χ2v) is 3.69. The lowest BCUT2D eigenvalue weighted by molar-refractivity contribution is -0.118. The molecule has 6 nitrogen and oxygen atoms in total. The Labute approximate surface area is 101 Å². The molecule has 1 amide bonds. The minimum absolute atomic E-state index is 0.0540. The summed E-state index contributed by atoms with van der Waals surface area (Å²) in [4.78, 5) is 22.2. The summed E-state index contributed by atoms with van der Waals surface area (Å²) in [6, 6.07) is 1.22. The number of carbonyl (C=O) groups is 2. The monoisotopic (exact) mass is 257 g/mol. The van der Waals surface area contributed by atoms with Crippen LogP contribution in [0.25, 0.3) is 0 Å².